The molecule has 0 radical (unpaired) electrons. The molecule has 5 nitrogen and oxygen atoms in total. The lowest BCUT2D eigenvalue weighted by molar-refractivity contribution is -0.0502. The second-order valence-electron chi connectivity index (χ2n) is 6.35. The summed E-state index contributed by atoms with van der Waals surface area (Å²) >= 11 is 0. The van der Waals surface area contributed by atoms with E-state index >= 15 is 0 Å². The molecule has 2 saturated heterocycles. The Hall–Kier alpha value is -0.930. The van der Waals surface area contributed by atoms with E-state index in [1.807, 2.05) is 0 Å². The number of nitrogens with one attached hydrogen (secondary N) is 1. The van der Waals surface area contributed by atoms with Crippen LogP contribution in [-0.4, -0.2) is 74.4 Å². The predicted molar refractivity (Wildman–Crippen MR) is 109 cm³/mol. The summed E-state index contributed by atoms with van der Waals surface area (Å²) in [5.41, 5.74) is 1.34. The van der Waals surface area contributed by atoms with Crippen LogP contribution in [0.3, 0.4) is 0 Å². The number of halogens is 2. The molecule has 140 valence electrons. The molecular weight excluding hydrogens is 434 g/mol. The van der Waals surface area contributed by atoms with Gasteiger partial charge >= 0.3 is 0 Å². The van der Waals surface area contributed by atoms with E-state index in [1.54, 1.807) is 7.05 Å². The van der Waals surface area contributed by atoms with Gasteiger partial charge in [0.05, 0.1) is 25.4 Å². The van der Waals surface area contributed by atoms with Gasteiger partial charge in [0.15, 0.2) is 5.96 Å². The lowest BCUT2D eigenvalue weighted by atomic mass is 10.1. The predicted octanol–water partition coefficient (Wildman–Crippen LogP) is 2.12. The molecule has 2 atom stereocenters. The third kappa shape index (κ3) is 5.27. The SMILES string of the molecule is CN=C(NCCCF)N1CC2OCCN(Cc3ccccc3)C2C1.I. The van der Waals surface area contributed by atoms with Gasteiger partial charge in [-0.2, -0.15) is 0 Å². The molecule has 2 aliphatic heterocycles. The van der Waals surface area contributed by atoms with Gasteiger partial charge < -0.3 is 15.0 Å². The minimum Gasteiger partial charge on any atom is -0.373 e. The van der Waals surface area contributed by atoms with Crippen LogP contribution in [0.4, 0.5) is 4.39 Å². The number of guanidine groups is 1. The van der Waals surface area contributed by atoms with Gasteiger partial charge in [0.2, 0.25) is 0 Å². The summed E-state index contributed by atoms with van der Waals surface area (Å²) in [6.45, 7) is 4.73. The molecule has 2 aliphatic rings. The van der Waals surface area contributed by atoms with E-state index in [0.29, 0.717) is 19.0 Å². The molecule has 0 spiro atoms. The monoisotopic (exact) mass is 462 g/mol. The fourth-order valence-corrected chi connectivity index (χ4v) is 3.54. The third-order valence-electron chi connectivity index (χ3n) is 4.75. The molecule has 1 aromatic rings. The Bertz CT molecular complexity index is 545. The quantitative estimate of drug-likeness (QED) is 0.315. The highest BCUT2D eigenvalue weighted by molar-refractivity contribution is 14.0. The summed E-state index contributed by atoms with van der Waals surface area (Å²) in [6, 6.07) is 11.0. The van der Waals surface area contributed by atoms with Crippen molar-refractivity contribution in [3.8, 4) is 0 Å². The van der Waals surface area contributed by atoms with Crippen molar-refractivity contribution in [2.45, 2.75) is 25.1 Å². The first-order chi connectivity index (χ1) is 11.8. The van der Waals surface area contributed by atoms with Crippen molar-refractivity contribution >= 4 is 29.9 Å². The van der Waals surface area contributed by atoms with Crippen LogP contribution in [-0.2, 0) is 11.3 Å². The van der Waals surface area contributed by atoms with Crippen LogP contribution in [0.15, 0.2) is 35.3 Å². The normalized spacial score (nSPS) is 23.9. The smallest absolute Gasteiger partial charge is 0.193 e. The van der Waals surface area contributed by atoms with Crippen molar-refractivity contribution in [1.29, 1.82) is 0 Å². The Kier molecular flexibility index (Phi) is 8.38. The van der Waals surface area contributed by atoms with Crippen molar-refractivity contribution in [2.75, 3.05) is 46.5 Å². The molecule has 0 bridgehead atoms. The van der Waals surface area contributed by atoms with Gasteiger partial charge in [-0.1, -0.05) is 30.3 Å². The Balaban J connectivity index is 0.00000225. The highest BCUT2D eigenvalue weighted by Gasteiger charge is 2.41. The number of rotatable bonds is 5. The van der Waals surface area contributed by atoms with E-state index in [0.717, 1.165) is 38.7 Å². The average Bonchev–Trinajstić information content (AvgIpc) is 3.05. The maximum atomic E-state index is 12.3. The van der Waals surface area contributed by atoms with Gasteiger partial charge in [-0.3, -0.25) is 14.3 Å². The summed E-state index contributed by atoms with van der Waals surface area (Å²) in [5, 5.41) is 3.25. The van der Waals surface area contributed by atoms with Crippen molar-refractivity contribution in [1.82, 2.24) is 15.1 Å². The fourth-order valence-electron chi connectivity index (χ4n) is 3.54. The molecule has 1 N–H and O–H groups in total. The van der Waals surface area contributed by atoms with Gasteiger partial charge in [0.1, 0.15) is 0 Å². The first-order valence-electron chi connectivity index (χ1n) is 8.73. The van der Waals surface area contributed by atoms with E-state index in [4.69, 9.17) is 4.74 Å². The molecule has 2 fully saturated rings. The topological polar surface area (TPSA) is 40.1 Å². The zero-order chi connectivity index (χ0) is 16.8. The summed E-state index contributed by atoms with van der Waals surface area (Å²) in [7, 11) is 1.78. The second-order valence-corrected chi connectivity index (χ2v) is 6.35. The zero-order valence-electron chi connectivity index (χ0n) is 14.7. The summed E-state index contributed by atoms with van der Waals surface area (Å²) in [5.74, 6) is 0.848. The van der Waals surface area contributed by atoms with Crippen LogP contribution in [0.2, 0.25) is 0 Å². The van der Waals surface area contributed by atoms with Crippen LogP contribution in [0, 0.1) is 0 Å². The van der Waals surface area contributed by atoms with E-state index in [1.165, 1.54) is 5.56 Å². The molecule has 2 heterocycles. The number of nitrogens with zero attached hydrogens (tertiary/aromatic N) is 3. The van der Waals surface area contributed by atoms with Crippen LogP contribution < -0.4 is 5.32 Å². The third-order valence-corrected chi connectivity index (χ3v) is 4.75. The maximum absolute atomic E-state index is 12.3. The highest BCUT2D eigenvalue weighted by atomic mass is 127. The average molecular weight is 462 g/mol. The summed E-state index contributed by atoms with van der Waals surface area (Å²) in [4.78, 5) is 9.09. The number of morpholine rings is 1. The summed E-state index contributed by atoms with van der Waals surface area (Å²) in [6.07, 6.45) is 0.721. The molecule has 25 heavy (non-hydrogen) atoms. The molecule has 0 aromatic heterocycles. The van der Waals surface area contributed by atoms with Crippen LogP contribution in [0.1, 0.15) is 12.0 Å². The Morgan fingerprint density at radius 2 is 2.12 bits per heavy atom. The largest absolute Gasteiger partial charge is 0.373 e. The van der Waals surface area contributed by atoms with Crippen molar-refractivity contribution in [3.63, 3.8) is 0 Å². The maximum Gasteiger partial charge on any atom is 0.193 e. The van der Waals surface area contributed by atoms with Gasteiger partial charge in [-0.05, 0) is 12.0 Å². The number of hydrogen-bond donors (Lipinski definition) is 1. The number of fused-ring (bicyclic) bond motifs is 1. The lowest BCUT2D eigenvalue weighted by Crippen LogP contribution is -2.50. The molecule has 0 amide bonds. The molecule has 3 rings (SSSR count). The highest BCUT2D eigenvalue weighted by Crippen LogP contribution is 2.24. The number of ether oxygens (including phenoxy) is 1. The lowest BCUT2D eigenvalue weighted by Gasteiger charge is -2.36. The summed E-state index contributed by atoms with van der Waals surface area (Å²) < 4.78 is 18.3. The van der Waals surface area contributed by atoms with E-state index < -0.39 is 0 Å². The van der Waals surface area contributed by atoms with Crippen molar-refractivity contribution in [2.24, 2.45) is 4.99 Å². The van der Waals surface area contributed by atoms with Crippen LogP contribution in [0.25, 0.3) is 0 Å². The minimum absolute atomic E-state index is 0. The molecule has 7 heteroatoms. The Morgan fingerprint density at radius 3 is 2.84 bits per heavy atom. The molecule has 0 aliphatic carbocycles. The van der Waals surface area contributed by atoms with E-state index in [9.17, 15) is 4.39 Å². The van der Waals surface area contributed by atoms with Crippen molar-refractivity contribution in [3.05, 3.63) is 35.9 Å². The molecular formula is C18H28FIN4O. The van der Waals surface area contributed by atoms with Crippen molar-refractivity contribution < 1.29 is 9.13 Å². The fraction of sp³-hybridized carbons (Fsp3) is 0.611. The molecule has 0 saturated carbocycles. The first kappa shape index (κ1) is 20.4. The van der Waals surface area contributed by atoms with Gasteiger partial charge in [-0.15, -0.1) is 24.0 Å². The Labute approximate surface area is 166 Å². The second kappa shape index (κ2) is 10.3. The van der Waals surface area contributed by atoms with Crippen LogP contribution in [0.5, 0.6) is 0 Å². The molecule has 2 unspecified atom stereocenters. The van der Waals surface area contributed by atoms with E-state index in [-0.39, 0.29) is 36.8 Å². The van der Waals surface area contributed by atoms with Gasteiger partial charge in [0, 0.05) is 39.8 Å². The van der Waals surface area contributed by atoms with Crippen LogP contribution >= 0.6 is 24.0 Å². The van der Waals surface area contributed by atoms with Gasteiger partial charge in [-0.25, -0.2) is 0 Å². The Morgan fingerprint density at radius 1 is 1.32 bits per heavy atom. The number of likely N-dealkylation sites (tertiary alicyclic amines) is 1. The van der Waals surface area contributed by atoms with E-state index in [2.05, 4.69) is 50.4 Å². The number of benzene rings is 1. The molecule has 1 aromatic carbocycles. The standard InChI is InChI=1S/C18H27FN4O.HI/c1-20-18(21-9-5-8-19)23-13-16-17(14-23)24-11-10-22(16)12-15-6-3-2-4-7-15;/h2-4,6-7,16-17H,5,8-14H2,1H3,(H,20,21);1H. The number of hydrogen-bond acceptors (Lipinski definition) is 3. The number of aliphatic imine (C=N–C) groups is 1. The zero-order valence-corrected chi connectivity index (χ0v) is 17.1. The number of alkyl halides is 1. The minimum atomic E-state index is -0.302. The van der Waals surface area contributed by atoms with Gasteiger partial charge in [0.25, 0.3) is 0 Å². The first-order valence-corrected chi connectivity index (χ1v) is 8.73.